The third kappa shape index (κ3) is 3.19. The van der Waals surface area contributed by atoms with Crippen molar-refractivity contribution in [1.82, 2.24) is 9.55 Å². The summed E-state index contributed by atoms with van der Waals surface area (Å²) in [4.78, 5) is 42.3. The highest BCUT2D eigenvalue weighted by molar-refractivity contribution is 6.13. The smallest absolute Gasteiger partial charge is 0.266 e. The van der Waals surface area contributed by atoms with E-state index in [-0.39, 0.29) is 28.6 Å². The van der Waals surface area contributed by atoms with Crippen molar-refractivity contribution in [3.05, 3.63) is 63.7 Å². The second-order valence-corrected chi connectivity index (χ2v) is 7.46. The van der Waals surface area contributed by atoms with E-state index in [0.717, 1.165) is 6.42 Å². The predicted molar refractivity (Wildman–Crippen MR) is 108 cm³/mol. The first-order valence-corrected chi connectivity index (χ1v) is 9.35. The number of carbonyl (C=O) groups excluding carboxylic acids is 2. The first-order valence-electron chi connectivity index (χ1n) is 9.35. The molecule has 0 spiro atoms. The molecule has 0 bridgehead atoms. The second-order valence-electron chi connectivity index (χ2n) is 7.46. The molecule has 4 rings (SSSR count). The second kappa shape index (κ2) is 6.99. The first-order chi connectivity index (χ1) is 13.9. The van der Waals surface area contributed by atoms with Crippen LogP contribution in [0.15, 0.2) is 41.2 Å². The number of benzene rings is 2. The molecule has 1 aromatic heterocycles. The van der Waals surface area contributed by atoms with E-state index in [1.165, 1.54) is 10.6 Å². The van der Waals surface area contributed by atoms with Gasteiger partial charge < -0.3 is 5.32 Å². The molecule has 0 aliphatic carbocycles. The number of ketones is 1. The molecular formula is C22H18N4O3. The Labute approximate surface area is 166 Å². The number of amides is 1. The minimum atomic E-state index is -0.389. The average molecular weight is 386 g/mol. The fourth-order valence-electron chi connectivity index (χ4n) is 3.39. The zero-order valence-corrected chi connectivity index (χ0v) is 16.0. The van der Waals surface area contributed by atoms with Crippen molar-refractivity contribution < 1.29 is 9.59 Å². The van der Waals surface area contributed by atoms with Crippen LogP contribution < -0.4 is 10.9 Å². The van der Waals surface area contributed by atoms with Crippen molar-refractivity contribution in [2.45, 2.75) is 26.7 Å². The highest BCUT2D eigenvalue weighted by atomic mass is 16.2. The standard InChI is InChI=1S/C22H18N4O3/c1-12(2)3-8-19(27)24-14-5-6-17-15(10-14)22(29)26-18-7-4-13(11-23)9-16(18)20(28)21(26)25-17/h4-7,9-10,12H,3,8H2,1-2H3,(H,24,27). The van der Waals surface area contributed by atoms with Gasteiger partial charge in [-0.2, -0.15) is 5.26 Å². The highest BCUT2D eigenvalue weighted by Crippen LogP contribution is 2.27. The zero-order valence-electron chi connectivity index (χ0n) is 16.0. The maximum absolute atomic E-state index is 13.1. The molecule has 2 aromatic carbocycles. The van der Waals surface area contributed by atoms with Gasteiger partial charge in [-0.05, 0) is 48.7 Å². The lowest BCUT2D eigenvalue weighted by molar-refractivity contribution is -0.116. The lowest BCUT2D eigenvalue weighted by Gasteiger charge is -2.09. The van der Waals surface area contributed by atoms with Gasteiger partial charge in [-0.1, -0.05) is 13.8 Å². The van der Waals surface area contributed by atoms with Gasteiger partial charge in [0, 0.05) is 12.1 Å². The molecule has 2 heterocycles. The largest absolute Gasteiger partial charge is 0.326 e. The number of hydrogen-bond donors (Lipinski definition) is 1. The molecule has 1 aliphatic rings. The Morgan fingerprint density at radius 2 is 2.00 bits per heavy atom. The van der Waals surface area contributed by atoms with Crippen LogP contribution in [-0.2, 0) is 4.79 Å². The summed E-state index contributed by atoms with van der Waals surface area (Å²) < 4.78 is 1.27. The van der Waals surface area contributed by atoms with Crippen LogP contribution in [0.25, 0.3) is 16.6 Å². The van der Waals surface area contributed by atoms with Crippen LogP contribution >= 0.6 is 0 Å². The van der Waals surface area contributed by atoms with Crippen molar-refractivity contribution in [1.29, 1.82) is 5.26 Å². The van der Waals surface area contributed by atoms with Crippen molar-refractivity contribution >= 4 is 28.3 Å². The SMILES string of the molecule is CC(C)CCC(=O)Nc1ccc2nc3n(c(=O)c2c1)-c1ccc(C#N)cc1C3=O. The minimum Gasteiger partial charge on any atom is -0.326 e. The van der Waals surface area contributed by atoms with Gasteiger partial charge in [0.15, 0.2) is 5.82 Å². The van der Waals surface area contributed by atoms with Gasteiger partial charge in [-0.15, -0.1) is 0 Å². The Kier molecular flexibility index (Phi) is 4.47. The number of nitriles is 1. The summed E-state index contributed by atoms with van der Waals surface area (Å²) in [6, 6.07) is 11.5. The number of nitrogens with zero attached hydrogens (tertiary/aromatic N) is 3. The van der Waals surface area contributed by atoms with Crippen molar-refractivity contribution in [3.8, 4) is 11.8 Å². The third-order valence-electron chi connectivity index (χ3n) is 4.91. The lowest BCUT2D eigenvalue weighted by atomic mass is 10.1. The number of hydrogen-bond acceptors (Lipinski definition) is 5. The molecule has 0 fully saturated rings. The molecule has 1 aliphatic heterocycles. The molecule has 7 heteroatoms. The Balaban J connectivity index is 1.77. The van der Waals surface area contributed by atoms with Gasteiger partial charge in [0.25, 0.3) is 5.56 Å². The fraction of sp³-hybridized carbons (Fsp3) is 0.227. The van der Waals surface area contributed by atoms with Gasteiger partial charge in [-0.3, -0.25) is 19.0 Å². The summed E-state index contributed by atoms with van der Waals surface area (Å²) >= 11 is 0. The molecule has 0 radical (unpaired) electrons. The maximum atomic E-state index is 13.1. The number of nitrogens with one attached hydrogen (secondary N) is 1. The van der Waals surface area contributed by atoms with Crippen LogP contribution in [0.4, 0.5) is 5.69 Å². The molecule has 1 N–H and O–H groups in total. The van der Waals surface area contributed by atoms with Crippen LogP contribution in [0.2, 0.25) is 0 Å². The van der Waals surface area contributed by atoms with Gasteiger partial charge in [-0.25, -0.2) is 4.98 Å². The number of carbonyl (C=O) groups is 2. The lowest BCUT2D eigenvalue weighted by Crippen LogP contribution is -2.22. The number of anilines is 1. The van der Waals surface area contributed by atoms with E-state index < -0.39 is 0 Å². The van der Waals surface area contributed by atoms with Gasteiger partial charge in [0.05, 0.1) is 33.8 Å². The minimum absolute atomic E-state index is 0.0290. The van der Waals surface area contributed by atoms with Crippen LogP contribution in [0, 0.1) is 17.2 Å². The van der Waals surface area contributed by atoms with E-state index in [4.69, 9.17) is 5.26 Å². The highest BCUT2D eigenvalue weighted by Gasteiger charge is 2.30. The zero-order chi connectivity index (χ0) is 20.7. The Morgan fingerprint density at radius 1 is 1.21 bits per heavy atom. The average Bonchev–Trinajstić information content (AvgIpc) is 2.99. The van der Waals surface area contributed by atoms with Crippen molar-refractivity contribution in [3.63, 3.8) is 0 Å². The normalized spacial score (nSPS) is 12.0. The summed E-state index contributed by atoms with van der Waals surface area (Å²) in [6.07, 6.45) is 1.18. The van der Waals surface area contributed by atoms with E-state index in [0.29, 0.717) is 40.2 Å². The summed E-state index contributed by atoms with van der Waals surface area (Å²) in [5.74, 6) is -0.0479. The number of aromatic nitrogens is 2. The Morgan fingerprint density at radius 3 is 2.72 bits per heavy atom. The molecule has 0 unspecified atom stereocenters. The molecule has 0 atom stereocenters. The molecular weight excluding hydrogens is 368 g/mol. The van der Waals surface area contributed by atoms with Crippen molar-refractivity contribution in [2.24, 2.45) is 5.92 Å². The third-order valence-corrected chi connectivity index (χ3v) is 4.91. The predicted octanol–water partition coefficient (Wildman–Crippen LogP) is 3.18. The number of rotatable bonds is 4. The quantitative estimate of drug-likeness (QED) is 0.580. The van der Waals surface area contributed by atoms with Gasteiger partial charge in [0.2, 0.25) is 11.7 Å². The van der Waals surface area contributed by atoms with Crippen LogP contribution in [0.5, 0.6) is 0 Å². The van der Waals surface area contributed by atoms with Crippen molar-refractivity contribution in [2.75, 3.05) is 5.32 Å². The molecule has 7 nitrogen and oxygen atoms in total. The van der Waals surface area contributed by atoms with E-state index in [2.05, 4.69) is 24.1 Å². The Bertz CT molecular complexity index is 1280. The van der Waals surface area contributed by atoms with E-state index in [1.807, 2.05) is 6.07 Å². The topological polar surface area (TPSA) is 105 Å². The summed E-state index contributed by atoms with van der Waals surface area (Å²) in [7, 11) is 0. The number of fused-ring (bicyclic) bond motifs is 4. The van der Waals surface area contributed by atoms with Crippen LogP contribution in [0.3, 0.4) is 0 Å². The molecule has 1 amide bonds. The van der Waals surface area contributed by atoms with Crippen LogP contribution in [-0.4, -0.2) is 21.2 Å². The monoisotopic (exact) mass is 386 g/mol. The molecule has 3 aromatic rings. The molecule has 0 saturated heterocycles. The van der Waals surface area contributed by atoms with Gasteiger partial charge >= 0.3 is 0 Å². The molecule has 144 valence electrons. The molecule has 29 heavy (non-hydrogen) atoms. The fourth-order valence-corrected chi connectivity index (χ4v) is 3.39. The Hall–Kier alpha value is -3.79. The van der Waals surface area contributed by atoms with Gasteiger partial charge in [0.1, 0.15) is 0 Å². The maximum Gasteiger partial charge on any atom is 0.266 e. The molecule has 0 saturated carbocycles. The summed E-state index contributed by atoms with van der Waals surface area (Å²) in [5, 5.41) is 12.2. The first kappa shape index (κ1) is 18.6. The summed E-state index contributed by atoms with van der Waals surface area (Å²) in [6.45, 7) is 4.10. The summed E-state index contributed by atoms with van der Waals surface area (Å²) in [5.41, 5.74) is 1.54. The van der Waals surface area contributed by atoms with E-state index >= 15 is 0 Å². The van der Waals surface area contributed by atoms with E-state index in [1.54, 1.807) is 30.3 Å². The van der Waals surface area contributed by atoms with Crippen LogP contribution in [0.1, 0.15) is 48.4 Å². The van der Waals surface area contributed by atoms with E-state index in [9.17, 15) is 14.4 Å².